The van der Waals surface area contributed by atoms with Gasteiger partial charge in [-0.15, -0.1) is 12.4 Å². The van der Waals surface area contributed by atoms with Gasteiger partial charge in [0, 0.05) is 5.56 Å². The average Bonchev–Trinajstić information content (AvgIpc) is 2.05. The summed E-state index contributed by atoms with van der Waals surface area (Å²) in [6, 6.07) is 4.51. The van der Waals surface area contributed by atoms with E-state index < -0.39 is 0 Å². The van der Waals surface area contributed by atoms with E-state index >= 15 is 0 Å². The number of halogens is 1. The maximum atomic E-state index is 9.18. The summed E-state index contributed by atoms with van der Waals surface area (Å²) in [4.78, 5) is 0. The Labute approximate surface area is 82.2 Å². The van der Waals surface area contributed by atoms with Gasteiger partial charge in [0.2, 0.25) is 0 Å². The van der Waals surface area contributed by atoms with Crippen LogP contribution >= 0.6 is 12.4 Å². The van der Waals surface area contributed by atoms with Crippen LogP contribution in [0.4, 0.5) is 0 Å². The van der Waals surface area contributed by atoms with Crippen molar-refractivity contribution >= 4 is 18.2 Å². The van der Waals surface area contributed by atoms with Crippen LogP contribution in [-0.4, -0.2) is 18.1 Å². The average molecular weight is 203 g/mol. The lowest BCUT2D eigenvalue weighted by Crippen LogP contribution is -2.10. The zero-order chi connectivity index (χ0) is 9.14. The smallest absolute Gasteiger partial charge is 0.161 e. The molecule has 1 rings (SSSR count). The number of amidine groups is 1. The fraction of sp³-hybridized carbons (Fsp3) is 0.125. The lowest BCUT2D eigenvalue weighted by molar-refractivity contribution is 0.373. The minimum atomic E-state index is -0.0479. The van der Waals surface area contributed by atoms with Crippen LogP contribution in [0.25, 0.3) is 0 Å². The number of nitrogen functional groups attached to an aromatic ring is 1. The van der Waals surface area contributed by atoms with Gasteiger partial charge in [0.05, 0.1) is 7.11 Å². The summed E-state index contributed by atoms with van der Waals surface area (Å²) >= 11 is 0. The Bertz CT molecular complexity index is 315. The first-order chi connectivity index (χ1) is 5.65. The molecule has 0 bridgehead atoms. The number of nitrogens with one attached hydrogen (secondary N) is 1. The minimum Gasteiger partial charge on any atom is -0.504 e. The van der Waals surface area contributed by atoms with Gasteiger partial charge in [-0.2, -0.15) is 0 Å². The van der Waals surface area contributed by atoms with Crippen molar-refractivity contribution in [2.24, 2.45) is 5.73 Å². The molecular formula is C8H11ClN2O2. The Kier molecular flexibility index (Phi) is 4.07. The van der Waals surface area contributed by atoms with Crippen molar-refractivity contribution in [1.82, 2.24) is 0 Å². The van der Waals surface area contributed by atoms with Crippen LogP contribution in [0.2, 0.25) is 0 Å². The molecule has 0 heterocycles. The van der Waals surface area contributed by atoms with Crippen molar-refractivity contribution in [3.8, 4) is 11.5 Å². The number of ether oxygens (including phenoxy) is 1. The topological polar surface area (TPSA) is 79.3 Å². The summed E-state index contributed by atoms with van der Waals surface area (Å²) in [5.74, 6) is 0.318. The Balaban J connectivity index is 0.00000144. The molecule has 72 valence electrons. The number of phenolic OH excluding ortho intramolecular Hbond substituents is 1. The number of benzene rings is 1. The summed E-state index contributed by atoms with van der Waals surface area (Å²) in [6.45, 7) is 0. The van der Waals surface area contributed by atoms with E-state index in [1.54, 1.807) is 6.07 Å². The number of aromatic hydroxyl groups is 1. The molecule has 13 heavy (non-hydrogen) atoms. The van der Waals surface area contributed by atoms with E-state index in [0.717, 1.165) is 0 Å². The highest BCUT2D eigenvalue weighted by Crippen LogP contribution is 2.25. The number of phenols is 1. The van der Waals surface area contributed by atoms with Gasteiger partial charge in [-0.25, -0.2) is 0 Å². The Morgan fingerprint density at radius 1 is 1.54 bits per heavy atom. The largest absolute Gasteiger partial charge is 0.504 e. The van der Waals surface area contributed by atoms with Crippen molar-refractivity contribution in [2.75, 3.05) is 7.11 Å². The molecule has 1 aromatic rings. The van der Waals surface area contributed by atoms with Crippen molar-refractivity contribution < 1.29 is 9.84 Å². The van der Waals surface area contributed by atoms with Gasteiger partial charge in [-0.05, 0) is 18.2 Å². The van der Waals surface area contributed by atoms with Gasteiger partial charge in [-0.3, -0.25) is 5.41 Å². The van der Waals surface area contributed by atoms with Gasteiger partial charge >= 0.3 is 0 Å². The van der Waals surface area contributed by atoms with Crippen molar-refractivity contribution in [2.45, 2.75) is 0 Å². The van der Waals surface area contributed by atoms with Crippen LogP contribution in [0, 0.1) is 5.41 Å². The SMILES string of the molecule is COc1cc(C(=N)N)ccc1O.Cl. The molecule has 0 atom stereocenters. The number of rotatable bonds is 2. The number of nitrogens with two attached hydrogens (primary N) is 1. The van der Waals surface area contributed by atoms with E-state index in [4.69, 9.17) is 15.9 Å². The van der Waals surface area contributed by atoms with Crippen molar-refractivity contribution in [3.05, 3.63) is 23.8 Å². The lowest BCUT2D eigenvalue weighted by Gasteiger charge is -2.04. The second kappa shape index (κ2) is 4.57. The Morgan fingerprint density at radius 2 is 2.15 bits per heavy atom. The molecule has 4 nitrogen and oxygen atoms in total. The molecule has 0 saturated carbocycles. The Morgan fingerprint density at radius 3 is 2.62 bits per heavy atom. The molecule has 0 aliphatic rings. The van der Waals surface area contributed by atoms with E-state index in [1.165, 1.54) is 19.2 Å². The molecule has 0 aromatic heterocycles. The summed E-state index contributed by atoms with van der Waals surface area (Å²) in [5, 5.41) is 16.3. The van der Waals surface area contributed by atoms with Gasteiger partial charge in [-0.1, -0.05) is 0 Å². The molecule has 0 spiro atoms. The molecule has 0 radical (unpaired) electrons. The highest BCUT2D eigenvalue weighted by molar-refractivity contribution is 5.95. The third-order valence-corrected chi connectivity index (χ3v) is 1.49. The molecule has 4 N–H and O–H groups in total. The minimum absolute atomic E-state index is 0. The van der Waals surface area contributed by atoms with Gasteiger partial charge < -0.3 is 15.6 Å². The molecule has 0 saturated heterocycles. The summed E-state index contributed by atoms with van der Waals surface area (Å²) in [7, 11) is 1.44. The predicted octanol–water partition coefficient (Wildman–Crippen LogP) is 1.11. The van der Waals surface area contributed by atoms with E-state index in [2.05, 4.69) is 0 Å². The van der Waals surface area contributed by atoms with Gasteiger partial charge in [0.1, 0.15) is 5.84 Å². The molecule has 0 aliphatic heterocycles. The van der Waals surface area contributed by atoms with E-state index in [1.807, 2.05) is 0 Å². The van der Waals surface area contributed by atoms with Crippen LogP contribution < -0.4 is 10.5 Å². The second-order valence-electron chi connectivity index (χ2n) is 2.30. The third kappa shape index (κ3) is 2.52. The molecule has 0 aliphatic carbocycles. The molecule has 0 amide bonds. The Hall–Kier alpha value is -1.42. The van der Waals surface area contributed by atoms with Crippen LogP contribution in [0.15, 0.2) is 18.2 Å². The first-order valence-electron chi connectivity index (χ1n) is 3.36. The third-order valence-electron chi connectivity index (χ3n) is 1.49. The van der Waals surface area contributed by atoms with E-state index in [9.17, 15) is 5.11 Å². The van der Waals surface area contributed by atoms with Crippen LogP contribution in [0.1, 0.15) is 5.56 Å². The normalized spacial score (nSPS) is 8.69. The van der Waals surface area contributed by atoms with Crippen LogP contribution in [-0.2, 0) is 0 Å². The van der Waals surface area contributed by atoms with E-state index in [-0.39, 0.29) is 24.0 Å². The van der Waals surface area contributed by atoms with Crippen LogP contribution in [0.3, 0.4) is 0 Å². The van der Waals surface area contributed by atoms with Crippen molar-refractivity contribution in [1.29, 1.82) is 5.41 Å². The predicted molar refractivity (Wildman–Crippen MR) is 52.9 cm³/mol. The fourth-order valence-electron chi connectivity index (χ4n) is 0.845. The quantitative estimate of drug-likeness (QED) is 0.497. The van der Waals surface area contributed by atoms with Gasteiger partial charge in [0.15, 0.2) is 11.5 Å². The highest BCUT2D eigenvalue weighted by atomic mass is 35.5. The highest BCUT2D eigenvalue weighted by Gasteiger charge is 2.03. The summed E-state index contributed by atoms with van der Waals surface area (Å²) < 4.78 is 4.83. The first-order valence-corrected chi connectivity index (χ1v) is 3.36. The van der Waals surface area contributed by atoms with Gasteiger partial charge in [0.25, 0.3) is 0 Å². The standard InChI is InChI=1S/C8H10N2O2.ClH/c1-12-7-4-5(8(9)10)2-3-6(7)11;/h2-4,11H,1H3,(H3,9,10);1H. The monoisotopic (exact) mass is 202 g/mol. The lowest BCUT2D eigenvalue weighted by atomic mass is 10.2. The van der Waals surface area contributed by atoms with Crippen molar-refractivity contribution in [3.63, 3.8) is 0 Å². The molecule has 0 unspecified atom stereocenters. The zero-order valence-electron chi connectivity index (χ0n) is 7.07. The number of hydrogen-bond acceptors (Lipinski definition) is 3. The fourth-order valence-corrected chi connectivity index (χ4v) is 0.845. The summed E-state index contributed by atoms with van der Waals surface area (Å²) in [6.07, 6.45) is 0. The maximum Gasteiger partial charge on any atom is 0.161 e. The molecule has 1 aromatic carbocycles. The molecule has 5 heteroatoms. The molecular weight excluding hydrogens is 192 g/mol. The number of hydrogen-bond donors (Lipinski definition) is 3. The number of methoxy groups -OCH3 is 1. The molecule has 0 fully saturated rings. The first kappa shape index (κ1) is 11.6. The summed E-state index contributed by atoms with van der Waals surface area (Å²) in [5.41, 5.74) is 5.77. The second-order valence-corrected chi connectivity index (χ2v) is 2.30. The van der Waals surface area contributed by atoms with E-state index in [0.29, 0.717) is 11.3 Å². The maximum absolute atomic E-state index is 9.18. The van der Waals surface area contributed by atoms with Crippen LogP contribution in [0.5, 0.6) is 11.5 Å². The zero-order valence-corrected chi connectivity index (χ0v) is 7.89.